The van der Waals surface area contributed by atoms with E-state index in [1.807, 2.05) is 0 Å². The lowest BCUT2D eigenvalue weighted by atomic mass is 10.1. The second-order valence-electron chi connectivity index (χ2n) is 6.83. The van der Waals surface area contributed by atoms with Crippen LogP contribution in [-0.2, 0) is 9.53 Å². The molecule has 2 aromatic rings. The fraction of sp³-hybridized carbons (Fsp3) is 0.333. The highest BCUT2D eigenvalue weighted by atomic mass is 127. The first-order valence-electron chi connectivity index (χ1n) is 9.00. The highest BCUT2D eigenvalue weighted by molar-refractivity contribution is 14.1. The van der Waals surface area contributed by atoms with E-state index < -0.39 is 40.3 Å². The van der Waals surface area contributed by atoms with Crippen LogP contribution in [0.25, 0.3) is 0 Å². The lowest BCUT2D eigenvalue weighted by molar-refractivity contribution is -0.113. The topological polar surface area (TPSA) is 143 Å². The molecule has 4 rings (SSSR count). The standard InChI is InChI=1S/C18H16FIN4O6S/c19-18(20)14(27)10(6-25)30-16(18)24-4-3-12(23-17(24)29)22-15(28)8-1-2-9-11(5-8)31-7-13(26)21-9/h1-5,10,14,16,25,27H,6-7H2,(H,21,26)(H,22,23,28,29)/t10-,14-,16?,18?/m1/s1. The van der Waals surface area contributed by atoms with E-state index in [0.717, 1.165) is 9.46 Å². The van der Waals surface area contributed by atoms with Gasteiger partial charge in [-0.3, -0.25) is 14.2 Å². The molecule has 0 radical (unpaired) electrons. The van der Waals surface area contributed by atoms with Crippen LogP contribution in [0.4, 0.5) is 15.9 Å². The van der Waals surface area contributed by atoms with E-state index in [2.05, 4.69) is 15.6 Å². The fourth-order valence-electron chi connectivity index (χ4n) is 3.18. The summed E-state index contributed by atoms with van der Waals surface area (Å²) in [5.41, 5.74) is 0.0133. The number of anilines is 2. The molecule has 0 saturated carbocycles. The molecule has 2 amide bonds. The monoisotopic (exact) mass is 562 g/mol. The van der Waals surface area contributed by atoms with Gasteiger partial charge in [0.1, 0.15) is 18.0 Å². The van der Waals surface area contributed by atoms with Gasteiger partial charge in [-0.25, -0.2) is 9.18 Å². The Labute approximate surface area is 192 Å². The summed E-state index contributed by atoms with van der Waals surface area (Å²) in [7, 11) is 0. The van der Waals surface area contributed by atoms with E-state index in [4.69, 9.17) is 4.74 Å². The molecule has 1 saturated heterocycles. The number of benzene rings is 1. The predicted octanol–water partition coefficient (Wildman–Crippen LogP) is 0.891. The van der Waals surface area contributed by atoms with E-state index in [9.17, 15) is 29.0 Å². The highest BCUT2D eigenvalue weighted by Gasteiger charge is 2.56. The zero-order valence-corrected chi connectivity index (χ0v) is 18.6. The Hall–Kier alpha value is -2.07. The summed E-state index contributed by atoms with van der Waals surface area (Å²) in [6.07, 6.45) is -3.14. The molecule has 2 unspecified atom stereocenters. The number of hydrogen-bond donors (Lipinski definition) is 4. The third-order valence-corrected chi connectivity index (χ3v) is 6.99. The van der Waals surface area contributed by atoms with Crippen LogP contribution < -0.4 is 16.3 Å². The number of alkyl halides is 2. The molecule has 2 aliphatic rings. The van der Waals surface area contributed by atoms with Gasteiger partial charge in [0.05, 0.1) is 18.0 Å². The summed E-state index contributed by atoms with van der Waals surface area (Å²) in [5, 5.41) is 24.4. The number of ether oxygens (including phenoxy) is 1. The molecule has 164 valence electrons. The number of aliphatic hydroxyl groups is 2. The zero-order valence-electron chi connectivity index (χ0n) is 15.6. The molecule has 1 aromatic carbocycles. The Bertz CT molecular complexity index is 1110. The van der Waals surface area contributed by atoms with Crippen molar-refractivity contribution in [2.24, 2.45) is 0 Å². The Morgan fingerprint density at radius 1 is 1.45 bits per heavy atom. The summed E-state index contributed by atoms with van der Waals surface area (Å²) in [6.45, 7) is -0.620. The maximum atomic E-state index is 14.9. The average Bonchev–Trinajstić information content (AvgIpc) is 2.96. The largest absolute Gasteiger partial charge is 0.394 e. The molecule has 0 bridgehead atoms. The van der Waals surface area contributed by atoms with E-state index in [1.54, 1.807) is 12.1 Å². The molecular formula is C18H16FIN4O6S. The van der Waals surface area contributed by atoms with Crippen molar-refractivity contribution in [3.05, 3.63) is 46.5 Å². The van der Waals surface area contributed by atoms with Gasteiger partial charge in [0.15, 0.2) is 6.23 Å². The number of carbonyl (C=O) groups is 2. The van der Waals surface area contributed by atoms with Crippen molar-refractivity contribution in [2.45, 2.75) is 27.0 Å². The molecule has 1 fully saturated rings. The van der Waals surface area contributed by atoms with Crippen molar-refractivity contribution >= 4 is 57.7 Å². The Morgan fingerprint density at radius 3 is 2.90 bits per heavy atom. The smallest absolute Gasteiger partial charge is 0.351 e. The summed E-state index contributed by atoms with van der Waals surface area (Å²) < 4.78 is 18.6. The Balaban J connectivity index is 1.52. The maximum absolute atomic E-state index is 14.9. The van der Waals surface area contributed by atoms with Crippen LogP contribution in [-0.4, -0.2) is 59.8 Å². The van der Waals surface area contributed by atoms with E-state index in [0.29, 0.717) is 11.3 Å². The number of amides is 2. The second kappa shape index (κ2) is 8.46. The highest BCUT2D eigenvalue weighted by Crippen LogP contribution is 2.45. The van der Waals surface area contributed by atoms with Gasteiger partial charge in [-0.1, -0.05) is 0 Å². The normalized spacial score (nSPS) is 27.5. The van der Waals surface area contributed by atoms with E-state index in [1.165, 1.54) is 52.7 Å². The molecule has 10 nitrogen and oxygen atoms in total. The van der Waals surface area contributed by atoms with Crippen LogP contribution in [0, 0.1) is 0 Å². The van der Waals surface area contributed by atoms with Crippen molar-refractivity contribution in [3.63, 3.8) is 0 Å². The summed E-state index contributed by atoms with van der Waals surface area (Å²) in [6, 6.07) is 6.05. The van der Waals surface area contributed by atoms with Gasteiger partial charge >= 0.3 is 5.69 Å². The number of rotatable bonds is 4. The molecule has 0 aliphatic carbocycles. The number of hydrogen-bond acceptors (Lipinski definition) is 8. The van der Waals surface area contributed by atoms with Crippen molar-refractivity contribution in [1.82, 2.24) is 9.55 Å². The van der Waals surface area contributed by atoms with Crippen molar-refractivity contribution in [3.8, 4) is 0 Å². The number of aromatic nitrogens is 2. The summed E-state index contributed by atoms with van der Waals surface area (Å²) >= 11 is 2.64. The van der Waals surface area contributed by atoms with E-state index in [-0.39, 0.29) is 17.5 Å². The third-order valence-electron chi connectivity index (χ3n) is 4.76. The molecule has 31 heavy (non-hydrogen) atoms. The Morgan fingerprint density at radius 2 is 2.23 bits per heavy atom. The first kappa shape index (κ1) is 22.1. The number of nitrogens with one attached hydrogen (secondary N) is 2. The van der Waals surface area contributed by atoms with Crippen LogP contribution >= 0.6 is 34.4 Å². The number of carbonyl (C=O) groups excluding carboxylic acids is 2. The molecule has 3 heterocycles. The van der Waals surface area contributed by atoms with Gasteiger partial charge in [-0.05, 0) is 46.9 Å². The molecule has 0 spiro atoms. The minimum atomic E-state index is -2.36. The molecule has 4 atom stereocenters. The molecule has 1 aromatic heterocycles. The van der Waals surface area contributed by atoms with Crippen molar-refractivity contribution in [1.29, 1.82) is 0 Å². The molecular weight excluding hydrogens is 546 g/mol. The average molecular weight is 562 g/mol. The van der Waals surface area contributed by atoms with Crippen LogP contribution in [0.15, 0.2) is 40.2 Å². The van der Waals surface area contributed by atoms with Crippen LogP contribution in [0.3, 0.4) is 0 Å². The number of halogens is 2. The summed E-state index contributed by atoms with van der Waals surface area (Å²) in [4.78, 5) is 40.9. The summed E-state index contributed by atoms with van der Waals surface area (Å²) in [5.74, 6) is -0.446. The van der Waals surface area contributed by atoms with Crippen LogP contribution in [0.2, 0.25) is 0 Å². The van der Waals surface area contributed by atoms with Crippen LogP contribution in [0.5, 0.6) is 0 Å². The number of aliphatic hydroxyl groups excluding tert-OH is 2. The lowest BCUT2D eigenvalue weighted by Crippen LogP contribution is -2.40. The maximum Gasteiger partial charge on any atom is 0.351 e. The number of fused-ring (bicyclic) bond motifs is 1. The Kier molecular flexibility index (Phi) is 6.04. The van der Waals surface area contributed by atoms with Crippen molar-refractivity contribution < 1.29 is 28.9 Å². The van der Waals surface area contributed by atoms with Gasteiger partial charge in [0.25, 0.3) is 5.91 Å². The van der Waals surface area contributed by atoms with Gasteiger partial charge in [-0.2, -0.15) is 4.98 Å². The fourth-order valence-corrected chi connectivity index (χ4v) is 4.88. The zero-order chi connectivity index (χ0) is 22.3. The minimum absolute atomic E-state index is 0.0555. The van der Waals surface area contributed by atoms with E-state index >= 15 is 0 Å². The SMILES string of the molecule is O=C1CSc2cc(C(=O)Nc3ccn(C4O[C@H](CO)[C@@H](O)C4(F)I)c(=O)n3)ccc2N1. The first-order valence-corrected chi connectivity index (χ1v) is 11.1. The quantitative estimate of drug-likeness (QED) is 0.318. The lowest BCUT2D eigenvalue weighted by Gasteiger charge is -2.23. The second-order valence-corrected chi connectivity index (χ2v) is 9.50. The van der Waals surface area contributed by atoms with Crippen molar-refractivity contribution in [2.75, 3.05) is 23.0 Å². The van der Waals surface area contributed by atoms with Gasteiger partial charge in [0.2, 0.25) is 9.58 Å². The minimum Gasteiger partial charge on any atom is -0.394 e. The number of nitrogens with zero attached hydrogens (tertiary/aromatic N) is 2. The molecule has 13 heteroatoms. The van der Waals surface area contributed by atoms with Crippen LogP contribution in [0.1, 0.15) is 16.6 Å². The predicted molar refractivity (Wildman–Crippen MR) is 117 cm³/mol. The first-order chi connectivity index (χ1) is 14.7. The van der Waals surface area contributed by atoms with Gasteiger partial charge in [0, 0.05) is 16.7 Å². The third kappa shape index (κ3) is 4.19. The van der Waals surface area contributed by atoms with Gasteiger partial charge in [-0.15, -0.1) is 11.8 Å². The van der Waals surface area contributed by atoms with Gasteiger partial charge < -0.3 is 25.6 Å². The molecule has 4 N–H and O–H groups in total. The molecule has 2 aliphatic heterocycles. The number of thioether (sulfide) groups is 1.